The molecule has 0 spiro atoms. The molecule has 4 heteroatoms. The van der Waals surface area contributed by atoms with Gasteiger partial charge in [0.1, 0.15) is 5.52 Å². The average Bonchev–Trinajstić information content (AvgIpc) is 2.74. The quantitative estimate of drug-likeness (QED) is 0.702. The largest absolute Gasteiger partial charge is 0.478 e. The number of carboxylic acid groups (broad SMARTS) is 1. The third-order valence-electron chi connectivity index (χ3n) is 3.70. The Balaban J connectivity index is 2.33. The van der Waals surface area contributed by atoms with Crippen LogP contribution in [-0.4, -0.2) is 16.1 Å². The third-order valence-corrected chi connectivity index (χ3v) is 3.70. The van der Waals surface area contributed by atoms with E-state index in [1.54, 1.807) is 12.1 Å². The van der Waals surface area contributed by atoms with Crippen molar-refractivity contribution in [2.45, 2.75) is 26.8 Å². The summed E-state index contributed by atoms with van der Waals surface area (Å²) < 4.78 is 2.20. The molecule has 3 aromatic rings. The molecule has 0 unspecified atom stereocenters. The third kappa shape index (κ3) is 1.84. The average molecular weight is 269 g/mol. The van der Waals surface area contributed by atoms with Crippen LogP contribution in [0.5, 0.6) is 0 Å². The van der Waals surface area contributed by atoms with Crippen LogP contribution in [0.25, 0.3) is 21.8 Å². The number of aromatic nitrogens is 2. The molecule has 0 aliphatic carbocycles. The first kappa shape index (κ1) is 12.7. The van der Waals surface area contributed by atoms with Gasteiger partial charge in [-0.1, -0.05) is 6.07 Å². The van der Waals surface area contributed by atoms with Crippen LogP contribution in [0, 0.1) is 6.92 Å². The van der Waals surface area contributed by atoms with E-state index >= 15 is 0 Å². The van der Waals surface area contributed by atoms with Gasteiger partial charge in [0.25, 0.3) is 0 Å². The Kier molecular flexibility index (Phi) is 2.74. The van der Waals surface area contributed by atoms with Crippen LogP contribution in [0.3, 0.4) is 0 Å². The Morgan fingerprint density at radius 1 is 1.20 bits per heavy atom. The first-order valence-electron chi connectivity index (χ1n) is 6.68. The number of nitrogens with one attached hydrogen (secondary N) is 1. The van der Waals surface area contributed by atoms with Crippen LogP contribution in [0.2, 0.25) is 0 Å². The Morgan fingerprint density at radius 3 is 2.60 bits per heavy atom. The number of nitrogens with zero attached hydrogens (tertiary/aromatic N) is 1. The van der Waals surface area contributed by atoms with Crippen LogP contribution in [0.4, 0.5) is 0 Å². The Morgan fingerprint density at radius 2 is 1.95 bits per heavy atom. The lowest BCUT2D eigenvalue weighted by Crippen LogP contribution is -2.38. The number of aryl methyl sites for hydroxylation is 1. The van der Waals surface area contributed by atoms with Gasteiger partial charge in [-0.05, 0) is 26.0 Å². The maximum Gasteiger partial charge on any atom is 0.335 e. The van der Waals surface area contributed by atoms with Crippen molar-refractivity contribution in [3.8, 4) is 0 Å². The van der Waals surface area contributed by atoms with Crippen molar-refractivity contribution < 1.29 is 14.5 Å². The minimum atomic E-state index is -0.904. The van der Waals surface area contributed by atoms with Crippen LogP contribution >= 0.6 is 0 Å². The van der Waals surface area contributed by atoms with Gasteiger partial charge in [0.15, 0.2) is 17.9 Å². The molecule has 0 amide bonds. The van der Waals surface area contributed by atoms with E-state index < -0.39 is 5.97 Å². The molecule has 2 aromatic heterocycles. The molecule has 0 radical (unpaired) electrons. The summed E-state index contributed by atoms with van der Waals surface area (Å²) in [5.74, 6) is -0.904. The number of hydrogen-bond acceptors (Lipinski definition) is 1. The number of carboxylic acids is 1. The SMILES string of the molecule is Cc1cc2c(c[n+]1C(C)C)[nH]c1cc(C(=O)O)ccc12. The molecule has 0 atom stereocenters. The molecule has 4 nitrogen and oxygen atoms in total. The molecule has 2 heterocycles. The van der Waals surface area contributed by atoms with Crippen LogP contribution in [-0.2, 0) is 0 Å². The molecule has 0 aliphatic rings. The van der Waals surface area contributed by atoms with E-state index in [0.29, 0.717) is 11.6 Å². The summed E-state index contributed by atoms with van der Waals surface area (Å²) in [6.45, 7) is 6.37. The molecular weight excluding hydrogens is 252 g/mol. The summed E-state index contributed by atoms with van der Waals surface area (Å²) in [5.41, 5.74) is 3.39. The van der Waals surface area contributed by atoms with Crippen molar-refractivity contribution in [3.63, 3.8) is 0 Å². The Hall–Kier alpha value is -2.36. The highest BCUT2D eigenvalue weighted by atomic mass is 16.4. The van der Waals surface area contributed by atoms with Gasteiger partial charge in [-0.25, -0.2) is 4.79 Å². The number of fused-ring (bicyclic) bond motifs is 3. The monoisotopic (exact) mass is 269 g/mol. The molecular formula is C16H17N2O2+. The summed E-state index contributed by atoms with van der Waals surface area (Å²) in [6.07, 6.45) is 2.09. The van der Waals surface area contributed by atoms with E-state index in [0.717, 1.165) is 21.8 Å². The van der Waals surface area contributed by atoms with E-state index in [1.807, 2.05) is 6.07 Å². The molecule has 2 N–H and O–H groups in total. The number of aromatic amines is 1. The van der Waals surface area contributed by atoms with Crippen molar-refractivity contribution >= 4 is 27.8 Å². The second kappa shape index (κ2) is 4.34. The zero-order chi connectivity index (χ0) is 14.4. The van der Waals surface area contributed by atoms with E-state index in [1.165, 1.54) is 5.69 Å². The molecule has 0 bridgehead atoms. The number of rotatable bonds is 2. The highest BCUT2D eigenvalue weighted by Crippen LogP contribution is 2.26. The molecule has 0 aliphatic heterocycles. The summed E-state index contributed by atoms with van der Waals surface area (Å²) in [5, 5.41) is 11.3. The van der Waals surface area contributed by atoms with E-state index in [4.69, 9.17) is 5.11 Å². The summed E-state index contributed by atoms with van der Waals surface area (Å²) in [6, 6.07) is 7.75. The highest BCUT2D eigenvalue weighted by molar-refractivity contribution is 6.08. The maximum absolute atomic E-state index is 11.0. The molecule has 0 saturated carbocycles. The lowest BCUT2D eigenvalue weighted by molar-refractivity contribution is -0.720. The number of carbonyl (C=O) groups is 1. The fourth-order valence-corrected chi connectivity index (χ4v) is 2.71. The number of pyridine rings is 1. The number of aromatic carboxylic acids is 1. The van der Waals surface area contributed by atoms with Gasteiger partial charge in [0.2, 0.25) is 0 Å². The summed E-state index contributed by atoms with van der Waals surface area (Å²) in [7, 11) is 0. The van der Waals surface area contributed by atoms with Crippen molar-refractivity contribution in [3.05, 3.63) is 41.7 Å². The van der Waals surface area contributed by atoms with Gasteiger partial charge in [0.05, 0.1) is 5.56 Å². The maximum atomic E-state index is 11.0. The van der Waals surface area contributed by atoms with Gasteiger partial charge in [-0.15, -0.1) is 0 Å². The van der Waals surface area contributed by atoms with E-state index in [9.17, 15) is 4.79 Å². The Bertz CT molecular complexity index is 831. The first-order chi connectivity index (χ1) is 9.47. The number of benzene rings is 1. The van der Waals surface area contributed by atoms with Crippen LogP contribution in [0.15, 0.2) is 30.5 Å². The number of hydrogen-bond donors (Lipinski definition) is 2. The predicted octanol–water partition coefficient (Wildman–Crippen LogP) is 3.20. The van der Waals surface area contributed by atoms with E-state index in [-0.39, 0.29) is 0 Å². The Labute approximate surface area is 116 Å². The minimum Gasteiger partial charge on any atom is -0.478 e. The molecule has 0 saturated heterocycles. The second-order valence-electron chi connectivity index (χ2n) is 5.43. The molecule has 0 fully saturated rings. The van der Waals surface area contributed by atoms with Crippen molar-refractivity contribution in [2.24, 2.45) is 0 Å². The summed E-state index contributed by atoms with van der Waals surface area (Å²) >= 11 is 0. The molecule has 20 heavy (non-hydrogen) atoms. The second-order valence-corrected chi connectivity index (χ2v) is 5.43. The number of H-pyrrole nitrogens is 1. The standard InChI is InChI=1S/C16H16N2O2/c1-9(2)18-8-15-13(6-10(18)3)12-5-4-11(16(19)20)7-14(12)17-15/h4-9H,1-3H3,(H,19,20)/p+1. The minimum absolute atomic E-state index is 0.303. The summed E-state index contributed by atoms with van der Waals surface area (Å²) in [4.78, 5) is 14.4. The zero-order valence-corrected chi connectivity index (χ0v) is 11.8. The predicted molar refractivity (Wildman–Crippen MR) is 78.1 cm³/mol. The zero-order valence-electron chi connectivity index (χ0n) is 11.8. The fourth-order valence-electron chi connectivity index (χ4n) is 2.71. The smallest absolute Gasteiger partial charge is 0.335 e. The van der Waals surface area contributed by atoms with Gasteiger partial charge in [-0.3, -0.25) is 0 Å². The normalized spacial score (nSPS) is 11.6. The van der Waals surface area contributed by atoms with Gasteiger partial charge < -0.3 is 10.1 Å². The van der Waals surface area contributed by atoms with Crippen LogP contribution in [0.1, 0.15) is 35.9 Å². The first-order valence-corrected chi connectivity index (χ1v) is 6.68. The molecule has 3 rings (SSSR count). The highest BCUT2D eigenvalue weighted by Gasteiger charge is 2.16. The van der Waals surface area contributed by atoms with Gasteiger partial charge >= 0.3 is 5.97 Å². The molecule has 1 aromatic carbocycles. The topological polar surface area (TPSA) is 57.0 Å². The fraction of sp³-hybridized carbons (Fsp3) is 0.250. The molecule has 102 valence electrons. The van der Waals surface area contributed by atoms with Gasteiger partial charge in [0, 0.05) is 29.3 Å². The van der Waals surface area contributed by atoms with Crippen molar-refractivity contribution in [1.29, 1.82) is 0 Å². The van der Waals surface area contributed by atoms with Crippen molar-refractivity contribution in [1.82, 2.24) is 4.98 Å². The van der Waals surface area contributed by atoms with Gasteiger partial charge in [-0.2, -0.15) is 4.57 Å². The van der Waals surface area contributed by atoms with E-state index in [2.05, 4.69) is 42.6 Å². The van der Waals surface area contributed by atoms with Crippen molar-refractivity contribution in [2.75, 3.05) is 0 Å². The van der Waals surface area contributed by atoms with Crippen LogP contribution < -0.4 is 4.57 Å². The lowest BCUT2D eigenvalue weighted by atomic mass is 10.1. The lowest BCUT2D eigenvalue weighted by Gasteiger charge is -2.03.